The quantitative estimate of drug-likeness (QED) is 0.468. The number of rotatable bonds is 6. The Morgan fingerprint density at radius 1 is 0.818 bits per heavy atom. The van der Waals surface area contributed by atoms with Gasteiger partial charge >= 0.3 is 0 Å². The molecule has 0 saturated heterocycles. The molecule has 2 atom stereocenters. The van der Waals surface area contributed by atoms with E-state index in [2.05, 4.69) is 108 Å². The topological polar surface area (TPSA) is 52.5 Å². The smallest absolute Gasteiger partial charge is 0.101 e. The van der Waals surface area contributed by atoms with Crippen molar-refractivity contribution in [2.75, 3.05) is 6.61 Å². The van der Waals surface area contributed by atoms with Crippen LogP contribution in [0.25, 0.3) is 0 Å². The van der Waals surface area contributed by atoms with Gasteiger partial charge in [-0.15, -0.1) is 0 Å². The Morgan fingerprint density at radius 2 is 1.24 bits per heavy atom. The van der Waals surface area contributed by atoms with Crippen LogP contribution in [0.4, 0.5) is 0 Å². The van der Waals surface area contributed by atoms with E-state index in [0.29, 0.717) is 0 Å². The molecule has 1 aliphatic rings. The summed E-state index contributed by atoms with van der Waals surface area (Å²) in [6, 6.07) is 21.2. The van der Waals surface area contributed by atoms with Gasteiger partial charge in [0.1, 0.15) is 6.10 Å². The zero-order valence-corrected chi connectivity index (χ0v) is 22.9. The molecule has 0 radical (unpaired) electrons. The first-order chi connectivity index (χ1) is 15.0. The van der Waals surface area contributed by atoms with Crippen molar-refractivity contribution < 1.29 is 31.9 Å². The summed E-state index contributed by atoms with van der Waals surface area (Å²) in [6.07, 6.45) is 1.45. The maximum absolute atomic E-state index is 10.1. The van der Waals surface area contributed by atoms with Crippen molar-refractivity contribution in [2.24, 2.45) is 0 Å². The number of aliphatic hydroxyl groups is 2. The molecule has 2 aromatic carbocycles. The van der Waals surface area contributed by atoms with Gasteiger partial charge < -0.3 is 10.2 Å². The zero-order valence-electron chi connectivity index (χ0n) is 21.4. The van der Waals surface area contributed by atoms with Crippen LogP contribution in [0.3, 0.4) is 0 Å². The van der Waals surface area contributed by atoms with Crippen LogP contribution in [0.2, 0.25) is 0 Å². The normalized spacial score (nSPS) is 19.1. The van der Waals surface area contributed by atoms with E-state index in [1.807, 2.05) is 6.92 Å². The third-order valence-electron chi connectivity index (χ3n) is 6.34. The van der Waals surface area contributed by atoms with Crippen molar-refractivity contribution in [2.45, 2.75) is 78.5 Å². The molecule has 0 heterocycles. The Kier molecular flexibility index (Phi) is 11.5. The summed E-state index contributed by atoms with van der Waals surface area (Å²) in [5.41, 5.74) is 6.79. The Labute approximate surface area is 215 Å². The summed E-state index contributed by atoms with van der Waals surface area (Å²) in [4.78, 5) is 0. The monoisotopic (exact) mass is 483 g/mol. The number of aliphatic hydroxyl groups excluding tert-OH is 2. The number of nitrogens with one attached hydrogen (secondary N) is 1. The van der Waals surface area contributed by atoms with Gasteiger partial charge in [-0.3, -0.25) is 5.32 Å². The summed E-state index contributed by atoms with van der Waals surface area (Å²) in [6.45, 7) is 14.4. The third kappa shape index (κ3) is 8.05. The van der Waals surface area contributed by atoms with Crippen LogP contribution in [0.1, 0.15) is 59.6 Å². The van der Waals surface area contributed by atoms with Gasteiger partial charge in [-0.2, -0.15) is 0 Å². The average Bonchev–Trinajstić information content (AvgIpc) is 2.92. The summed E-state index contributed by atoms with van der Waals surface area (Å²) in [5.74, 6) is 0. The van der Waals surface area contributed by atoms with Gasteiger partial charge in [-0.05, 0) is 94.7 Å². The second-order valence-electron chi connectivity index (χ2n) is 9.96. The Morgan fingerprint density at radius 3 is 1.61 bits per heavy atom. The van der Waals surface area contributed by atoms with E-state index < -0.39 is 6.10 Å². The van der Waals surface area contributed by atoms with Gasteiger partial charge in [-0.25, -0.2) is 0 Å². The van der Waals surface area contributed by atoms with Crippen LogP contribution in [0.15, 0.2) is 83.0 Å². The van der Waals surface area contributed by atoms with Crippen LogP contribution in [-0.2, 0) is 34.6 Å². The van der Waals surface area contributed by atoms with Crippen molar-refractivity contribution >= 4 is 0 Å². The molecule has 0 amide bonds. The predicted octanol–water partition coefficient (Wildman–Crippen LogP) is 5.62. The molecule has 0 aliphatic heterocycles. The van der Waals surface area contributed by atoms with Crippen LogP contribution < -0.4 is 5.32 Å². The fourth-order valence-corrected chi connectivity index (χ4v) is 4.60. The Hall–Kier alpha value is -1.49. The van der Waals surface area contributed by atoms with E-state index in [1.54, 1.807) is 0 Å². The molecule has 33 heavy (non-hydrogen) atoms. The second kappa shape index (κ2) is 12.8. The molecule has 0 aromatic heterocycles. The van der Waals surface area contributed by atoms with E-state index >= 15 is 0 Å². The van der Waals surface area contributed by atoms with E-state index in [1.165, 1.54) is 22.3 Å². The first kappa shape index (κ1) is 29.5. The minimum Gasteiger partial charge on any atom is -0.393 e. The number of hydrogen-bond donors (Lipinski definition) is 3. The molecule has 0 bridgehead atoms. The fraction of sp³-hybridized carbons (Fsp3) is 0.448. The van der Waals surface area contributed by atoms with Crippen molar-refractivity contribution in [1.29, 1.82) is 0 Å². The molecular formula is C29H41NO2Ti. The molecular weight excluding hydrogens is 442 g/mol. The Bertz CT molecular complexity index is 890. The number of benzene rings is 2. The van der Waals surface area contributed by atoms with Crippen LogP contribution in [-0.4, -0.2) is 34.0 Å². The first-order valence-electron chi connectivity index (χ1n) is 11.5. The molecule has 2 aromatic rings. The number of aryl methyl sites for hydroxylation is 2. The van der Waals surface area contributed by atoms with Gasteiger partial charge in [0.2, 0.25) is 0 Å². The van der Waals surface area contributed by atoms with Crippen molar-refractivity contribution in [3.05, 3.63) is 94.1 Å². The predicted molar refractivity (Wildman–Crippen MR) is 136 cm³/mol. The SMILES string of the molecule is CC1=C(C)C(C)(NC(C)(C)C)C(C(O)CO)=C1C.[Ti].c1ccc(CCc2ccccc2)cc1. The maximum Gasteiger partial charge on any atom is 0.101 e. The van der Waals surface area contributed by atoms with Gasteiger partial charge in [0.05, 0.1) is 12.1 Å². The number of allylic oxidation sites excluding steroid dienone is 2. The molecule has 3 N–H and O–H groups in total. The van der Waals surface area contributed by atoms with Gasteiger partial charge in [0, 0.05) is 27.3 Å². The van der Waals surface area contributed by atoms with E-state index in [-0.39, 0.29) is 39.4 Å². The van der Waals surface area contributed by atoms with Gasteiger partial charge in [-0.1, -0.05) is 60.7 Å². The summed E-state index contributed by atoms with van der Waals surface area (Å²) < 4.78 is 0. The maximum atomic E-state index is 10.1. The second-order valence-corrected chi connectivity index (χ2v) is 9.96. The average molecular weight is 484 g/mol. The minimum absolute atomic E-state index is 0. The molecule has 4 heteroatoms. The molecule has 1 aliphatic carbocycles. The van der Waals surface area contributed by atoms with Gasteiger partial charge in [0.15, 0.2) is 0 Å². The van der Waals surface area contributed by atoms with Crippen molar-refractivity contribution in [1.82, 2.24) is 5.32 Å². The Balaban J connectivity index is 0.000000328. The third-order valence-corrected chi connectivity index (χ3v) is 6.34. The molecule has 3 rings (SSSR count). The van der Waals surface area contributed by atoms with Crippen LogP contribution >= 0.6 is 0 Å². The largest absolute Gasteiger partial charge is 0.393 e. The van der Waals surface area contributed by atoms with Gasteiger partial charge in [0.25, 0.3) is 0 Å². The van der Waals surface area contributed by atoms with E-state index in [4.69, 9.17) is 0 Å². The standard InChI is InChI=1S/C15H27NO2.C14H14.Ti/c1-9-10(2)13(12(18)8-17)15(7,11(9)3)16-14(4,5)6;1-3-7-13(8-4-1)11-12-14-9-5-2-6-10-14;/h12,16-18H,8H2,1-7H3;1-10H,11-12H2;. The van der Waals surface area contributed by atoms with E-state index in [9.17, 15) is 10.2 Å². The minimum atomic E-state index is -0.808. The zero-order chi connectivity index (χ0) is 23.9. The fourth-order valence-electron chi connectivity index (χ4n) is 4.60. The summed E-state index contributed by atoms with van der Waals surface area (Å²) in [5, 5.41) is 23.0. The van der Waals surface area contributed by atoms with Crippen molar-refractivity contribution in [3.63, 3.8) is 0 Å². The molecule has 178 valence electrons. The molecule has 0 fully saturated rings. The molecule has 0 saturated carbocycles. The first-order valence-corrected chi connectivity index (χ1v) is 11.5. The number of hydrogen-bond acceptors (Lipinski definition) is 3. The molecule has 0 spiro atoms. The summed E-state index contributed by atoms with van der Waals surface area (Å²) >= 11 is 0. The summed E-state index contributed by atoms with van der Waals surface area (Å²) in [7, 11) is 0. The molecule has 3 nitrogen and oxygen atoms in total. The molecule has 2 unspecified atom stereocenters. The van der Waals surface area contributed by atoms with Crippen molar-refractivity contribution in [3.8, 4) is 0 Å². The van der Waals surface area contributed by atoms with E-state index in [0.717, 1.165) is 24.0 Å². The van der Waals surface area contributed by atoms with Crippen LogP contribution in [0.5, 0.6) is 0 Å². The van der Waals surface area contributed by atoms with Crippen LogP contribution in [0, 0.1) is 0 Å².